The molecule has 2 rings (SSSR count). The summed E-state index contributed by atoms with van der Waals surface area (Å²) in [5.41, 5.74) is 1.17. The molecule has 8 heteroatoms. The SMILES string of the molecule is COCCNC(=O)c1ccc(NC(=O)c2ccc(OC(C)C)nc2)cc1Cl. The van der Waals surface area contributed by atoms with Crippen LogP contribution in [0.3, 0.4) is 0 Å². The summed E-state index contributed by atoms with van der Waals surface area (Å²) < 4.78 is 10.3. The van der Waals surface area contributed by atoms with E-state index in [2.05, 4.69) is 15.6 Å². The Balaban J connectivity index is 2.01. The quantitative estimate of drug-likeness (QED) is 0.675. The summed E-state index contributed by atoms with van der Waals surface area (Å²) in [6.45, 7) is 4.58. The number of hydrogen-bond acceptors (Lipinski definition) is 5. The van der Waals surface area contributed by atoms with E-state index in [1.165, 1.54) is 12.3 Å². The second-order valence-corrected chi connectivity index (χ2v) is 6.36. The second-order valence-electron chi connectivity index (χ2n) is 5.95. The maximum atomic E-state index is 12.3. The lowest BCUT2D eigenvalue weighted by molar-refractivity contribution is 0.0936. The lowest BCUT2D eigenvalue weighted by Crippen LogP contribution is -2.27. The lowest BCUT2D eigenvalue weighted by Gasteiger charge is -2.10. The molecule has 2 amide bonds. The van der Waals surface area contributed by atoms with Crippen LogP contribution in [-0.4, -0.2) is 43.2 Å². The highest BCUT2D eigenvalue weighted by Crippen LogP contribution is 2.21. The van der Waals surface area contributed by atoms with Crippen LogP contribution in [0.4, 0.5) is 5.69 Å². The number of nitrogens with one attached hydrogen (secondary N) is 2. The van der Waals surface area contributed by atoms with Gasteiger partial charge < -0.3 is 20.1 Å². The third-order valence-corrected chi connectivity index (χ3v) is 3.73. The number of ether oxygens (including phenoxy) is 2. The van der Waals surface area contributed by atoms with E-state index in [0.717, 1.165) is 0 Å². The van der Waals surface area contributed by atoms with Crippen molar-refractivity contribution in [1.29, 1.82) is 0 Å². The highest BCUT2D eigenvalue weighted by Gasteiger charge is 2.13. The summed E-state index contributed by atoms with van der Waals surface area (Å²) in [5.74, 6) is -0.194. The van der Waals surface area contributed by atoms with Crippen molar-refractivity contribution < 1.29 is 19.1 Å². The number of nitrogens with zero attached hydrogens (tertiary/aromatic N) is 1. The monoisotopic (exact) mass is 391 g/mol. The van der Waals surface area contributed by atoms with Crippen LogP contribution in [0.1, 0.15) is 34.6 Å². The molecule has 1 heterocycles. The van der Waals surface area contributed by atoms with E-state index >= 15 is 0 Å². The van der Waals surface area contributed by atoms with Crippen LogP contribution in [0.2, 0.25) is 5.02 Å². The van der Waals surface area contributed by atoms with Gasteiger partial charge in [0.25, 0.3) is 11.8 Å². The zero-order valence-corrected chi connectivity index (χ0v) is 16.2. The Morgan fingerprint density at radius 1 is 1.19 bits per heavy atom. The first-order valence-corrected chi connectivity index (χ1v) is 8.79. The lowest BCUT2D eigenvalue weighted by atomic mass is 10.2. The number of anilines is 1. The van der Waals surface area contributed by atoms with Gasteiger partial charge in [0.15, 0.2) is 0 Å². The largest absolute Gasteiger partial charge is 0.475 e. The van der Waals surface area contributed by atoms with Crippen molar-refractivity contribution in [1.82, 2.24) is 10.3 Å². The molecule has 0 bridgehead atoms. The minimum Gasteiger partial charge on any atom is -0.475 e. The van der Waals surface area contributed by atoms with Gasteiger partial charge >= 0.3 is 0 Å². The molecule has 0 saturated carbocycles. The van der Waals surface area contributed by atoms with Gasteiger partial charge in [-0.3, -0.25) is 9.59 Å². The number of halogens is 1. The molecule has 0 spiro atoms. The maximum absolute atomic E-state index is 12.3. The van der Waals surface area contributed by atoms with Gasteiger partial charge in [0.2, 0.25) is 5.88 Å². The van der Waals surface area contributed by atoms with Gasteiger partial charge in [-0.25, -0.2) is 4.98 Å². The van der Waals surface area contributed by atoms with Crippen LogP contribution in [0.15, 0.2) is 36.5 Å². The molecule has 0 atom stereocenters. The first kappa shape index (κ1) is 20.7. The molecule has 7 nitrogen and oxygen atoms in total. The average molecular weight is 392 g/mol. The number of pyridine rings is 1. The molecule has 2 aromatic rings. The second kappa shape index (κ2) is 9.89. The topological polar surface area (TPSA) is 89.6 Å². The van der Waals surface area contributed by atoms with Crippen molar-refractivity contribution >= 4 is 29.1 Å². The van der Waals surface area contributed by atoms with Crippen molar-refractivity contribution in [2.24, 2.45) is 0 Å². The van der Waals surface area contributed by atoms with Gasteiger partial charge in [0.05, 0.1) is 28.9 Å². The Labute approximate surface area is 163 Å². The standard InChI is InChI=1S/C19H22ClN3O4/c1-12(2)27-17-7-4-13(11-22-17)18(24)23-14-5-6-15(16(20)10-14)19(25)21-8-9-26-3/h4-7,10-12H,8-9H2,1-3H3,(H,21,25)(H,23,24). The van der Waals surface area contributed by atoms with Gasteiger partial charge in [-0.2, -0.15) is 0 Å². The molecule has 1 aromatic heterocycles. The van der Waals surface area contributed by atoms with E-state index in [1.54, 1.807) is 31.4 Å². The van der Waals surface area contributed by atoms with Gasteiger partial charge in [0, 0.05) is 31.6 Å². The number of amides is 2. The number of aromatic nitrogens is 1. The van der Waals surface area contributed by atoms with Crippen molar-refractivity contribution in [3.05, 3.63) is 52.7 Å². The zero-order chi connectivity index (χ0) is 19.8. The van der Waals surface area contributed by atoms with Gasteiger partial charge in [-0.05, 0) is 38.1 Å². The van der Waals surface area contributed by atoms with Gasteiger partial charge in [0.1, 0.15) is 0 Å². The van der Waals surface area contributed by atoms with Crippen molar-refractivity contribution in [3.8, 4) is 5.88 Å². The Bertz CT molecular complexity index is 794. The Morgan fingerprint density at radius 2 is 1.96 bits per heavy atom. The van der Waals surface area contributed by atoms with Gasteiger partial charge in [-0.15, -0.1) is 0 Å². The van der Waals surface area contributed by atoms with E-state index in [0.29, 0.717) is 35.8 Å². The minimum atomic E-state index is -0.341. The van der Waals surface area contributed by atoms with Crippen LogP contribution in [-0.2, 0) is 4.74 Å². The van der Waals surface area contributed by atoms with Crippen LogP contribution in [0.25, 0.3) is 0 Å². The smallest absolute Gasteiger partial charge is 0.257 e. The normalized spacial score (nSPS) is 10.6. The predicted octanol–water partition coefficient (Wildman–Crippen LogP) is 3.15. The van der Waals surface area contributed by atoms with Crippen molar-refractivity contribution in [3.63, 3.8) is 0 Å². The summed E-state index contributed by atoms with van der Waals surface area (Å²) in [4.78, 5) is 28.5. The minimum absolute atomic E-state index is 0.00420. The molecule has 0 radical (unpaired) electrons. The summed E-state index contributed by atoms with van der Waals surface area (Å²) >= 11 is 6.16. The average Bonchev–Trinajstić information content (AvgIpc) is 2.62. The number of carbonyl (C=O) groups is 2. The molecular formula is C19H22ClN3O4. The molecule has 1 aromatic carbocycles. The summed E-state index contributed by atoms with van der Waals surface area (Å²) in [6, 6.07) is 7.94. The molecule has 0 aliphatic rings. The fourth-order valence-electron chi connectivity index (χ4n) is 2.17. The Kier molecular flexibility index (Phi) is 7.57. The van der Waals surface area contributed by atoms with E-state index in [9.17, 15) is 9.59 Å². The number of benzene rings is 1. The third-order valence-electron chi connectivity index (χ3n) is 3.42. The number of rotatable bonds is 8. The van der Waals surface area contributed by atoms with Crippen LogP contribution >= 0.6 is 11.6 Å². The van der Waals surface area contributed by atoms with Crippen LogP contribution in [0.5, 0.6) is 5.88 Å². The van der Waals surface area contributed by atoms with Gasteiger partial charge in [-0.1, -0.05) is 11.6 Å². The fraction of sp³-hybridized carbons (Fsp3) is 0.316. The Morgan fingerprint density at radius 3 is 2.56 bits per heavy atom. The fourth-order valence-corrected chi connectivity index (χ4v) is 2.43. The first-order chi connectivity index (χ1) is 12.9. The van der Waals surface area contributed by atoms with E-state index in [1.807, 2.05) is 13.8 Å². The summed E-state index contributed by atoms with van der Waals surface area (Å²) in [7, 11) is 1.55. The third kappa shape index (κ3) is 6.23. The molecule has 0 fully saturated rings. The number of methoxy groups -OCH3 is 1. The number of carbonyl (C=O) groups excluding carboxylic acids is 2. The molecule has 0 unspecified atom stereocenters. The van der Waals surface area contributed by atoms with E-state index in [-0.39, 0.29) is 22.9 Å². The van der Waals surface area contributed by atoms with E-state index < -0.39 is 0 Å². The summed E-state index contributed by atoms with van der Waals surface area (Å²) in [5, 5.41) is 5.65. The van der Waals surface area contributed by atoms with Crippen LogP contribution in [0, 0.1) is 0 Å². The molecule has 0 saturated heterocycles. The first-order valence-electron chi connectivity index (χ1n) is 8.41. The predicted molar refractivity (Wildman–Crippen MR) is 104 cm³/mol. The molecule has 2 N–H and O–H groups in total. The van der Waals surface area contributed by atoms with Crippen molar-refractivity contribution in [2.75, 3.05) is 25.6 Å². The zero-order valence-electron chi connectivity index (χ0n) is 15.4. The maximum Gasteiger partial charge on any atom is 0.257 e. The highest BCUT2D eigenvalue weighted by atomic mass is 35.5. The molecule has 27 heavy (non-hydrogen) atoms. The molecule has 0 aliphatic carbocycles. The summed E-state index contributed by atoms with van der Waals surface area (Å²) in [6.07, 6.45) is 1.44. The Hall–Kier alpha value is -2.64. The highest BCUT2D eigenvalue weighted by molar-refractivity contribution is 6.34. The molecule has 0 aliphatic heterocycles. The van der Waals surface area contributed by atoms with E-state index in [4.69, 9.17) is 21.1 Å². The number of hydrogen-bond donors (Lipinski definition) is 2. The molecular weight excluding hydrogens is 370 g/mol. The van der Waals surface area contributed by atoms with Crippen molar-refractivity contribution in [2.45, 2.75) is 20.0 Å². The van der Waals surface area contributed by atoms with Crippen LogP contribution < -0.4 is 15.4 Å². The molecule has 144 valence electrons.